The van der Waals surface area contributed by atoms with Gasteiger partial charge in [-0.05, 0) is 30.0 Å². The van der Waals surface area contributed by atoms with Gasteiger partial charge in [0.25, 0.3) is 0 Å². The third-order valence-electron chi connectivity index (χ3n) is 5.35. The molecule has 1 aromatic heterocycles. The first-order valence-electron chi connectivity index (χ1n) is 11.5. The first-order valence-corrected chi connectivity index (χ1v) is 11.9. The van der Waals surface area contributed by atoms with E-state index in [1.807, 2.05) is 29.5 Å². The number of hydrogen-bond donors (Lipinski definition) is 0. The Labute approximate surface area is 211 Å². The molecule has 0 radical (unpaired) electrons. The first kappa shape index (κ1) is 24.5. The summed E-state index contributed by atoms with van der Waals surface area (Å²) in [5.41, 5.74) is 1.46. The zero-order valence-corrected chi connectivity index (χ0v) is 21.2. The maximum absolute atomic E-state index is 6.61. The van der Waals surface area contributed by atoms with Crippen LogP contribution < -0.4 is 14.4 Å². The molecule has 0 fully saturated rings. The Hall–Kier alpha value is -3.62. The topological polar surface area (TPSA) is 67.5 Å². The number of terminal acetylenes is 2. The number of aliphatic imine (C=N–C) groups is 1. The number of nitrogens with zero attached hydrogens (tertiary/aromatic N) is 6. The van der Waals surface area contributed by atoms with E-state index in [9.17, 15) is 0 Å². The van der Waals surface area contributed by atoms with Crippen LogP contribution in [0.3, 0.4) is 0 Å². The molecule has 0 amide bonds. The Morgan fingerprint density at radius 1 is 1.03 bits per heavy atom. The summed E-state index contributed by atoms with van der Waals surface area (Å²) >= 11 is 6.61. The average molecular weight is 493 g/mol. The fourth-order valence-corrected chi connectivity index (χ4v) is 4.31. The molecule has 4 rings (SSSR count). The van der Waals surface area contributed by atoms with Gasteiger partial charge < -0.3 is 14.0 Å². The van der Waals surface area contributed by atoms with Gasteiger partial charge >= 0.3 is 0 Å². The summed E-state index contributed by atoms with van der Waals surface area (Å²) in [6.45, 7) is 10.3. The summed E-state index contributed by atoms with van der Waals surface area (Å²) in [6.07, 6.45) is 12.2. The summed E-state index contributed by atoms with van der Waals surface area (Å²) in [7, 11) is 0. The summed E-state index contributed by atoms with van der Waals surface area (Å²) in [5.74, 6) is 8.33. The van der Waals surface area contributed by atoms with Crippen molar-refractivity contribution in [1.82, 2.24) is 14.6 Å². The highest BCUT2D eigenvalue weighted by Gasteiger charge is 2.43. The standard InChI is InChI=1S/C26H29ClN6O2/c1-7-11-34-20-10-9-19(13-21(20)35-12-8-2)24-30-32(15-18(5)6)26-29-23(27)22-25(33(24)26)31(16-28-22)14-17(3)4/h1-2,9-10,13,16-18,26H,11-12,14-15H2,3-6H3. The fraction of sp³-hybridized carbons (Fsp3) is 0.423. The van der Waals surface area contributed by atoms with Gasteiger partial charge in [0, 0.05) is 18.7 Å². The van der Waals surface area contributed by atoms with E-state index in [4.69, 9.17) is 44.0 Å². The van der Waals surface area contributed by atoms with Crippen LogP contribution >= 0.6 is 11.6 Å². The second kappa shape index (κ2) is 10.3. The van der Waals surface area contributed by atoms with Crippen LogP contribution in [0.1, 0.15) is 39.0 Å². The molecule has 0 spiro atoms. The van der Waals surface area contributed by atoms with Gasteiger partial charge in [0.15, 0.2) is 22.5 Å². The molecule has 1 aromatic carbocycles. The number of amidine groups is 1. The van der Waals surface area contributed by atoms with Crippen LogP contribution in [0.25, 0.3) is 0 Å². The minimum absolute atomic E-state index is 0.0966. The maximum Gasteiger partial charge on any atom is 0.222 e. The van der Waals surface area contributed by atoms with E-state index in [2.05, 4.69) is 54.0 Å². The fourth-order valence-electron chi connectivity index (χ4n) is 4.09. The van der Waals surface area contributed by atoms with E-state index < -0.39 is 6.29 Å². The lowest BCUT2D eigenvalue weighted by Gasteiger charge is -2.33. The normalized spacial score (nSPS) is 16.4. The lowest BCUT2D eigenvalue weighted by molar-refractivity contribution is 0.210. The largest absolute Gasteiger partial charge is 0.477 e. The second-order valence-corrected chi connectivity index (χ2v) is 9.54. The molecule has 2 aliphatic heterocycles. The summed E-state index contributed by atoms with van der Waals surface area (Å²) in [4.78, 5) is 11.4. The number of anilines is 1. The number of fused-ring (bicyclic) bond motifs is 3. The molecular weight excluding hydrogens is 464 g/mol. The van der Waals surface area contributed by atoms with Crippen molar-refractivity contribution < 1.29 is 9.47 Å². The van der Waals surface area contributed by atoms with E-state index >= 15 is 0 Å². The van der Waals surface area contributed by atoms with Gasteiger partial charge in [-0.2, -0.15) is 5.10 Å². The number of aromatic nitrogens is 2. The molecule has 0 N–H and O–H groups in total. The SMILES string of the molecule is C#CCOc1ccc(C2=NN(CC(C)C)C3N=C(Cl)c4ncn(CC(C)C)c4N23)cc1OCC#C. The first-order chi connectivity index (χ1) is 16.8. The van der Waals surface area contributed by atoms with Crippen molar-refractivity contribution in [1.29, 1.82) is 0 Å². The molecule has 1 unspecified atom stereocenters. The van der Waals surface area contributed by atoms with Crippen molar-refractivity contribution >= 4 is 28.4 Å². The number of benzene rings is 1. The van der Waals surface area contributed by atoms with Crippen molar-refractivity contribution in [3.8, 4) is 36.2 Å². The smallest absolute Gasteiger partial charge is 0.222 e. The number of hydrazone groups is 1. The minimum Gasteiger partial charge on any atom is -0.477 e. The van der Waals surface area contributed by atoms with Gasteiger partial charge in [0.1, 0.15) is 24.7 Å². The lowest BCUT2D eigenvalue weighted by atomic mass is 10.1. The van der Waals surface area contributed by atoms with E-state index in [1.54, 1.807) is 0 Å². The molecule has 2 aliphatic rings. The highest BCUT2D eigenvalue weighted by atomic mass is 35.5. The van der Waals surface area contributed by atoms with Gasteiger partial charge in [-0.15, -0.1) is 12.8 Å². The maximum atomic E-state index is 6.61. The van der Waals surface area contributed by atoms with Crippen LogP contribution in [0.5, 0.6) is 11.5 Å². The molecule has 2 aromatic rings. The number of halogens is 1. The zero-order valence-electron chi connectivity index (χ0n) is 20.4. The zero-order chi connectivity index (χ0) is 25.1. The van der Waals surface area contributed by atoms with Crippen molar-refractivity contribution in [2.75, 3.05) is 24.7 Å². The van der Waals surface area contributed by atoms with Gasteiger partial charge in [-0.25, -0.2) is 9.98 Å². The van der Waals surface area contributed by atoms with Gasteiger partial charge in [-0.1, -0.05) is 51.1 Å². The second-order valence-electron chi connectivity index (χ2n) is 9.19. The van der Waals surface area contributed by atoms with Crippen LogP contribution in [0.4, 0.5) is 5.82 Å². The van der Waals surface area contributed by atoms with Crippen LogP contribution in [0.2, 0.25) is 0 Å². The van der Waals surface area contributed by atoms with E-state index in [-0.39, 0.29) is 13.2 Å². The monoisotopic (exact) mass is 492 g/mol. The third-order valence-corrected chi connectivity index (χ3v) is 5.63. The number of ether oxygens (including phenoxy) is 2. The number of hydrogen-bond acceptors (Lipinski definition) is 7. The molecule has 3 heterocycles. The van der Waals surface area contributed by atoms with Crippen molar-refractivity contribution in [3.05, 3.63) is 35.8 Å². The van der Waals surface area contributed by atoms with Crippen LogP contribution in [0, 0.1) is 36.5 Å². The Morgan fingerprint density at radius 2 is 1.71 bits per heavy atom. The highest BCUT2D eigenvalue weighted by molar-refractivity contribution is 6.70. The predicted octanol–water partition coefficient (Wildman–Crippen LogP) is 3.99. The minimum atomic E-state index is -0.414. The predicted molar refractivity (Wildman–Crippen MR) is 139 cm³/mol. The Balaban J connectivity index is 1.82. The molecule has 9 heteroatoms. The Morgan fingerprint density at radius 3 is 2.37 bits per heavy atom. The van der Waals surface area contributed by atoms with Crippen LogP contribution in [-0.4, -0.2) is 51.6 Å². The number of imidazole rings is 1. The Bertz CT molecular complexity index is 1230. The number of rotatable bonds is 9. The summed E-state index contributed by atoms with van der Waals surface area (Å²) < 4.78 is 13.5. The molecule has 0 aliphatic carbocycles. The quantitative estimate of drug-likeness (QED) is 0.495. The molecule has 182 valence electrons. The molecule has 8 nitrogen and oxygen atoms in total. The average Bonchev–Trinajstić information content (AvgIpc) is 3.38. The van der Waals surface area contributed by atoms with Gasteiger partial charge in [-0.3, -0.25) is 9.91 Å². The molecule has 0 saturated heterocycles. The van der Waals surface area contributed by atoms with Crippen molar-refractivity contribution in [2.24, 2.45) is 21.9 Å². The highest BCUT2D eigenvalue weighted by Crippen LogP contribution is 2.38. The molecule has 35 heavy (non-hydrogen) atoms. The lowest BCUT2D eigenvalue weighted by Crippen LogP contribution is -2.46. The molecule has 0 bridgehead atoms. The Kier molecular flexibility index (Phi) is 7.23. The van der Waals surface area contributed by atoms with E-state index in [1.165, 1.54) is 0 Å². The molecular formula is C26H29ClN6O2. The van der Waals surface area contributed by atoms with Crippen molar-refractivity contribution in [3.63, 3.8) is 0 Å². The van der Waals surface area contributed by atoms with Crippen molar-refractivity contribution in [2.45, 2.75) is 40.5 Å². The van der Waals surface area contributed by atoms with Gasteiger partial charge in [0.05, 0.1) is 6.33 Å². The van der Waals surface area contributed by atoms with Crippen LogP contribution in [0.15, 0.2) is 34.6 Å². The van der Waals surface area contributed by atoms with E-state index in [0.29, 0.717) is 46.6 Å². The van der Waals surface area contributed by atoms with Gasteiger partial charge in [0.2, 0.25) is 6.29 Å². The summed E-state index contributed by atoms with van der Waals surface area (Å²) in [5, 5.41) is 7.33. The summed E-state index contributed by atoms with van der Waals surface area (Å²) in [6, 6.07) is 5.60. The van der Waals surface area contributed by atoms with E-state index in [0.717, 1.165) is 17.9 Å². The molecule has 1 atom stereocenters. The van der Waals surface area contributed by atoms with Crippen LogP contribution in [-0.2, 0) is 6.54 Å². The molecule has 0 saturated carbocycles. The third kappa shape index (κ3) is 4.94.